The lowest BCUT2D eigenvalue weighted by Crippen LogP contribution is -2.61. The van der Waals surface area contributed by atoms with Crippen LogP contribution in [0.1, 0.15) is 111 Å². The van der Waals surface area contributed by atoms with Crippen LogP contribution in [0.5, 0.6) is 0 Å². The van der Waals surface area contributed by atoms with Gasteiger partial charge in [0.25, 0.3) is 6.71 Å². The van der Waals surface area contributed by atoms with Gasteiger partial charge in [-0.15, -0.1) is 0 Å². The number of hydrogen-bond acceptors (Lipinski definition) is 6. The molecule has 4 heterocycles. The predicted molar refractivity (Wildman–Crippen MR) is 522 cm³/mol. The summed E-state index contributed by atoms with van der Waals surface area (Å²) in [5.74, 6) is 1.52. The minimum atomic E-state index is -0.271. The van der Waals surface area contributed by atoms with E-state index in [4.69, 9.17) is 15.0 Å². The highest BCUT2D eigenvalue weighted by Gasteiger charge is 2.45. The summed E-state index contributed by atoms with van der Waals surface area (Å²) in [5.41, 5.74) is 36.1. The first-order chi connectivity index (χ1) is 59.9. The smallest absolute Gasteiger partial charge is 0.252 e. The summed E-state index contributed by atoms with van der Waals surface area (Å²) in [6, 6.07) is 137. The van der Waals surface area contributed by atoms with Gasteiger partial charge in [0.1, 0.15) is 0 Å². The second kappa shape index (κ2) is 30.6. The van der Waals surface area contributed by atoms with Crippen LogP contribution in [0.25, 0.3) is 140 Å². The number of fused-ring (bicyclic) bond motifs is 7. The summed E-state index contributed by atoms with van der Waals surface area (Å²) in [6.07, 6.45) is 0. The van der Waals surface area contributed by atoms with Crippen LogP contribution in [0, 0.1) is 11.3 Å². The van der Waals surface area contributed by atoms with Crippen LogP contribution in [0.15, 0.2) is 364 Å². The summed E-state index contributed by atoms with van der Waals surface area (Å²) >= 11 is 0. The first-order valence-electron chi connectivity index (χ1n) is 43.3. The largest absolute Gasteiger partial charge is 0.311 e. The van der Waals surface area contributed by atoms with Crippen molar-refractivity contribution in [1.82, 2.24) is 19.5 Å². The molecule has 8 heteroatoms. The molecule has 124 heavy (non-hydrogen) atoms. The van der Waals surface area contributed by atoms with Crippen LogP contribution in [0.2, 0.25) is 0 Å². The van der Waals surface area contributed by atoms with Crippen LogP contribution in [-0.4, -0.2) is 26.2 Å². The second-order valence-corrected chi connectivity index (χ2v) is 37.6. The van der Waals surface area contributed by atoms with Crippen molar-refractivity contribution in [1.29, 1.82) is 5.26 Å². The quantitative estimate of drug-likeness (QED) is 0.107. The maximum Gasteiger partial charge on any atom is 0.252 e. The SMILES string of the molecule is CC(C)(C)c1cc(-c2ccc3c(c2)N(c2cc(-c4ccccc4)cc(-c4ccccc4)c2)c2cc(-c4ccc5c(c4)c4ccccc4n5-c4ccc(C#N)cc4-c4nc(-c5ccccc5)nc(-c5ccccc5)n4)cc4c2B3c2ccc(-c3cc(C(C)(C)C)cc(C(C)(C)C)c3)cc2N4c2cc(-c3ccccc3)cc(-c3ccccc3)c2)cc(C(C)(C)C)c1. The lowest BCUT2D eigenvalue weighted by atomic mass is 9.33. The molecule has 18 aromatic rings. The number of para-hydroxylation sites is 1. The van der Waals surface area contributed by atoms with E-state index in [1.165, 1.54) is 49.8 Å². The molecule has 0 N–H and O–H groups in total. The molecule has 0 atom stereocenters. The van der Waals surface area contributed by atoms with Gasteiger partial charge in [-0.3, -0.25) is 0 Å². The van der Waals surface area contributed by atoms with Crippen molar-refractivity contribution < 1.29 is 0 Å². The molecule has 0 radical (unpaired) electrons. The maximum absolute atomic E-state index is 10.8. The van der Waals surface area contributed by atoms with Crippen molar-refractivity contribution in [3.8, 4) is 124 Å². The summed E-state index contributed by atoms with van der Waals surface area (Å²) in [6.45, 7) is 27.8. The van der Waals surface area contributed by atoms with Crippen LogP contribution >= 0.6 is 0 Å². The summed E-state index contributed by atoms with van der Waals surface area (Å²) < 4.78 is 2.34. The number of hydrogen-bond donors (Lipinski definition) is 0. The molecule has 2 aliphatic rings. The minimum absolute atomic E-state index is 0.130. The van der Waals surface area contributed by atoms with E-state index >= 15 is 0 Å². The van der Waals surface area contributed by atoms with E-state index < -0.39 is 0 Å². The van der Waals surface area contributed by atoms with E-state index in [1.807, 2.05) is 72.8 Å². The van der Waals surface area contributed by atoms with E-state index in [0.717, 1.165) is 140 Å². The van der Waals surface area contributed by atoms with Crippen molar-refractivity contribution in [2.75, 3.05) is 9.80 Å². The monoisotopic (exact) mass is 1600 g/mol. The van der Waals surface area contributed by atoms with E-state index in [-0.39, 0.29) is 28.4 Å². The van der Waals surface area contributed by atoms with Crippen molar-refractivity contribution in [2.24, 2.45) is 0 Å². The molecular formula is C116H96BN7. The van der Waals surface area contributed by atoms with Crippen molar-refractivity contribution in [3.63, 3.8) is 0 Å². The molecule has 0 unspecified atom stereocenters. The minimum Gasteiger partial charge on any atom is -0.311 e. The molecule has 2 aliphatic heterocycles. The highest BCUT2D eigenvalue weighted by molar-refractivity contribution is 7.00. The number of nitrogens with zero attached hydrogens (tertiary/aromatic N) is 7. The number of rotatable bonds is 13. The molecule has 0 saturated heterocycles. The Balaban J connectivity index is 0.906. The van der Waals surface area contributed by atoms with Gasteiger partial charge in [0.15, 0.2) is 17.5 Å². The van der Waals surface area contributed by atoms with E-state index in [1.54, 1.807) is 0 Å². The number of anilines is 6. The summed E-state index contributed by atoms with van der Waals surface area (Å²) in [5, 5.41) is 13.0. The normalized spacial score (nSPS) is 12.6. The second-order valence-electron chi connectivity index (χ2n) is 37.6. The Morgan fingerprint density at radius 1 is 0.250 bits per heavy atom. The third-order valence-corrected chi connectivity index (χ3v) is 25.2. The van der Waals surface area contributed by atoms with E-state index in [0.29, 0.717) is 28.6 Å². The number of benzene rings is 16. The Labute approximate surface area is 729 Å². The molecule has 598 valence electrons. The molecule has 0 amide bonds. The average Bonchev–Trinajstić information content (AvgIpc) is 0.798. The van der Waals surface area contributed by atoms with Crippen molar-refractivity contribution in [2.45, 2.75) is 105 Å². The molecule has 0 saturated carbocycles. The summed E-state index contributed by atoms with van der Waals surface area (Å²) in [4.78, 5) is 21.0. The lowest BCUT2D eigenvalue weighted by Gasteiger charge is -2.45. The lowest BCUT2D eigenvalue weighted by molar-refractivity contribution is 0.568. The first kappa shape index (κ1) is 78.1. The van der Waals surface area contributed by atoms with Crippen LogP contribution in [0.3, 0.4) is 0 Å². The number of aromatic nitrogens is 4. The standard InChI is InChI=1S/C116H96BN7/c1-113(2,3)91-58-88(59-92(71-91)114(4,5)6)82-48-51-100-105(67-82)122(95-62-84(75-33-19-13-20-34-75)56-85(63-95)76-35-21-14-22-36-76)107-69-90(81-50-54-103-98(66-81)97-45-31-32-46-102(97)124(103)104-53-47-74(73-118)55-99(104)112-120-110(79-41-27-17-28-42-79)119-111(121-112)80-43-29-18-30-44-80)70-108-109(107)117(100)101-52-49-83(89-60-93(115(7,8)9)72-94(61-89)116(10,11)12)68-106(101)123(108)96-64-86(77-37-23-15-24-38-77)57-87(65-96)78-39-25-16-26-40-78/h13-72H,1-12H3. The van der Waals surface area contributed by atoms with Gasteiger partial charge < -0.3 is 14.4 Å². The van der Waals surface area contributed by atoms with Crippen molar-refractivity contribution in [3.05, 3.63) is 392 Å². The van der Waals surface area contributed by atoms with E-state index in [2.05, 4.69) is 395 Å². The Kier molecular flexibility index (Phi) is 19.2. The molecule has 0 bridgehead atoms. The van der Waals surface area contributed by atoms with Gasteiger partial charge in [-0.05, 0) is 235 Å². The van der Waals surface area contributed by atoms with Gasteiger partial charge in [0.05, 0.1) is 28.4 Å². The Bertz CT molecular complexity index is 6750. The zero-order valence-corrected chi connectivity index (χ0v) is 72.3. The predicted octanol–water partition coefficient (Wildman–Crippen LogP) is 28.8. The molecule has 2 aromatic heterocycles. The Morgan fingerprint density at radius 2 is 0.581 bits per heavy atom. The molecule has 0 fully saturated rings. The van der Waals surface area contributed by atoms with Crippen molar-refractivity contribution >= 4 is 79.0 Å². The van der Waals surface area contributed by atoms with Crippen LogP contribution < -0.4 is 26.2 Å². The Hall–Kier alpha value is -14.5. The van der Waals surface area contributed by atoms with Gasteiger partial charge in [0, 0.05) is 61.6 Å². The van der Waals surface area contributed by atoms with Gasteiger partial charge in [-0.1, -0.05) is 350 Å². The van der Waals surface area contributed by atoms with Gasteiger partial charge in [-0.2, -0.15) is 5.26 Å². The molecule has 7 nitrogen and oxygen atoms in total. The molecular weight excluding hydrogens is 1500 g/mol. The fourth-order valence-corrected chi connectivity index (χ4v) is 18.4. The molecule has 16 aromatic carbocycles. The highest BCUT2D eigenvalue weighted by atomic mass is 15.2. The maximum atomic E-state index is 10.8. The topological polar surface area (TPSA) is 73.9 Å². The number of nitriles is 1. The highest BCUT2D eigenvalue weighted by Crippen LogP contribution is 2.52. The molecule has 20 rings (SSSR count). The van der Waals surface area contributed by atoms with Gasteiger partial charge in [0.2, 0.25) is 0 Å². The fraction of sp³-hybridized carbons (Fsp3) is 0.138. The first-order valence-corrected chi connectivity index (χ1v) is 43.3. The third kappa shape index (κ3) is 14.4. The third-order valence-electron chi connectivity index (χ3n) is 25.2. The van der Waals surface area contributed by atoms with Crippen LogP contribution in [0.4, 0.5) is 34.1 Å². The van der Waals surface area contributed by atoms with Crippen LogP contribution in [-0.2, 0) is 21.7 Å². The summed E-state index contributed by atoms with van der Waals surface area (Å²) in [7, 11) is 0. The Morgan fingerprint density at radius 3 is 0.976 bits per heavy atom. The van der Waals surface area contributed by atoms with Gasteiger partial charge >= 0.3 is 0 Å². The molecule has 0 spiro atoms. The fourth-order valence-electron chi connectivity index (χ4n) is 18.4. The van der Waals surface area contributed by atoms with E-state index in [9.17, 15) is 5.26 Å². The zero-order chi connectivity index (χ0) is 85.1. The van der Waals surface area contributed by atoms with Gasteiger partial charge in [-0.25, -0.2) is 15.0 Å². The zero-order valence-electron chi connectivity index (χ0n) is 72.3. The average molecular weight is 1600 g/mol. The molecule has 0 aliphatic carbocycles.